The zero-order valence-corrected chi connectivity index (χ0v) is 25.0. The largest absolute Gasteiger partial charge is 0.496 e. The van der Waals surface area contributed by atoms with Crippen molar-refractivity contribution in [3.8, 4) is 17.2 Å². The van der Waals surface area contributed by atoms with E-state index in [1.807, 2.05) is 50.2 Å². The first kappa shape index (κ1) is 28.6. The fourth-order valence-corrected chi connectivity index (χ4v) is 5.93. The number of methoxy groups -OCH3 is 2. The number of esters is 1. The van der Waals surface area contributed by atoms with E-state index < -0.39 is 12.0 Å². The predicted octanol–water partition coefficient (Wildman–Crippen LogP) is 4.76. The number of rotatable bonds is 10. The number of nitrogens with zero attached hydrogens (tertiary/aromatic N) is 2. The van der Waals surface area contributed by atoms with Crippen LogP contribution < -0.4 is 29.1 Å². The summed E-state index contributed by atoms with van der Waals surface area (Å²) in [6.45, 7) is 6.40. The summed E-state index contributed by atoms with van der Waals surface area (Å²) in [7, 11) is 3.14. The molecule has 2 aromatic carbocycles. The molecule has 1 aliphatic rings. The molecule has 1 aromatic heterocycles. The van der Waals surface area contributed by atoms with E-state index in [4.69, 9.17) is 23.9 Å². The van der Waals surface area contributed by atoms with Crippen LogP contribution in [0.15, 0.2) is 61.9 Å². The van der Waals surface area contributed by atoms with Crippen LogP contribution in [0.2, 0.25) is 0 Å². The van der Waals surface area contributed by atoms with Gasteiger partial charge in [0.2, 0.25) is 0 Å². The molecule has 0 saturated heterocycles. The van der Waals surface area contributed by atoms with E-state index in [0.717, 1.165) is 16.5 Å². The second-order valence-electron chi connectivity index (χ2n) is 8.64. The van der Waals surface area contributed by atoms with Gasteiger partial charge in [-0.2, -0.15) is 0 Å². The predicted molar refractivity (Wildman–Crippen MR) is 154 cm³/mol. The second kappa shape index (κ2) is 12.7. The molecule has 0 fully saturated rings. The number of fused-ring (bicyclic) bond motifs is 1. The molecule has 2 heterocycles. The van der Waals surface area contributed by atoms with Crippen LogP contribution in [-0.4, -0.2) is 38.0 Å². The maximum absolute atomic E-state index is 14.0. The van der Waals surface area contributed by atoms with E-state index in [2.05, 4.69) is 15.9 Å². The van der Waals surface area contributed by atoms with Gasteiger partial charge in [-0.05, 0) is 62.2 Å². The number of aromatic nitrogens is 1. The molecule has 4 rings (SSSR count). The Morgan fingerprint density at radius 3 is 2.46 bits per heavy atom. The Kier molecular flexibility index (Phi) is 9.29. The van der Waals surface area contributed by atoms with Crippen molar-refractivity contribution in [3.63, 3.8) is 0 Å². The third-order valence-corrected chi connectivity index (χ3v) is 7.64. The van der Waals surface area contributed by atoms with Gasteiger partial charge in [-0.15, -0.1) is 0 Å². The summed E-state index contributed by atoms with van der Waals surface area (Å²) >= 11 is 4.81. The number of hydrogen-bond acceptors (Lipinski definition) is 8. The van der Waals surface area contributed by atoms with Crippen molar-refractivity contribution in [1.82, 2.24) is 4.57 Å². The Labute approximate surface area is 239 Å². The van der Waals surface area contributed by atoms with Crippen LogP contribution in [0, 0.1) is 0 Å². The fourth-order valence-electron chi connectivity index (χ4n) is 4.53. The average Bonchev–Trinajstić information content (AvgIpc) is 3.23. The Morgan fingerprint density at radius 1 is 1.05 bits per heavy atom. The van der Waals surface area contributed by atoms with Gasteiger partial charge in [0.05, 0.1) is 43.2 Å². The van der Waals surface area contributed by atoms with Gasteiger partial charge in [-0.3, -0.25) is 9.36 Å². The quantitative estimate of drug-likeness (QED) is 0.306. The van der Waals surface area contributed by atoms with Gasteiger partial charge in [-0.1, -0.05) is 46.7 Å². The van der Waals surface area contributed by atoms with Crippen molar-refractivity contribution >= 4 is 39.3 Å². The third kappa shape index (κ3) is 5.81. The van der Waals surface area contributed by atoms with Crippen LogP contribution >= 0.6 is 27.3 Å². The van der Waals surface area contributed by atoms with E-state index in [1.54, 1.807) is 31.8 Å². The van der Waals surface area contributed by atoms with E-state index in [9.17, 15) is 9.59 Å². The molecule has 0 aliphatic carbocycles. The lowest BCUT2D eigenvalue weighted by Crippen LogP contribution is -2.40. The average molecular weight is 616 g/mol. The van der Waals surface area contributed by atoms with Crippen molar-refractivity contribution in [2.24, 2.45) is 4.99 Å². The molecule has 1 aliphatic heterocycles. The molecule has 0 spiro atoms. The van der Waals surface area contributed by atoms with Crippen LogP contribution in [0.3, 0.4) is 0 Å². The van der Waals surface area contributed by atoms with E-state index >= 15 is 0 Å². The smallest absolute Gasteiger partial charge is 0.338 e. The van der Waals surface area contributed by atoms with Crippen LogP contribution in [0.1, 0.15) is 50.8 Å². The molecular formula is C29H31BrN2O6S. The van der Waals surface area contributed by atoms with Gasteiger partial charge in [0.25, 0.3) is 5.56 Å². The number of benzene rings is 2. The first-order valence-corrected chi connectivity index (χ1v) is 14.3. The molecule has 0 amide bonds. The Morgan fingerprint density at radius 2 is 1.79 bits per heavy atom. The summed E-state index contributed by atoms with van der Waals surface area (Å²) in [6, 6.07) is 10.3. The maximum Gasteiger partial charge on any atom is 0.338 e. The summed E-state index contributed by atoms with van der Waals surface area (Å²) in [6.07, 6.45) is 3.12. The summed E-state index contributed by atoms with van der Waals surface area (Å²) in [5, 5.41) is 0. The highest BCUT2D eigenvalue weighted by molar-refractivity contribution is 9.10. The number of thiazole rings is 1. The van der Waals surface area contributed by atoms with Crippen molar-refractivity contribution in [2.75, 3.05) is 27.4 Å². The first-order valence-electron chi connectivity index (χ1n) is 12.7. The molecule has 0 unspecified atom stereocenters. The van der Waals surface area contributed by atoms with Gasteiger partial charge in [-0.25, -0.2) is 9.79 Å². The van der Waals surface area contributed by atoms with Gasteiger partial charge in [0.1, 0.15) is 11.8 Å². The number of carbonyl (C=O) groups excluding carboxylic acids is 1. The summed E-state index contributed by atoms with van der Waals surface area (Å²) in [4.78, 5) is 32.7. The number of carbonyl (C=O) groups is 1. The van der Waals surface area contributed by atoms with Crippen molar-refractivity contribution < 1.29 is 23.7 Å². The highest BCUT2D eigenvalue weighted by Gasteiger charge is 2.36. The minimum atomic E-state index is -0.772. The normalized spacial score (nSPS) is 15.0. The molecule has 39 heavy (non-hydrogen) atoms. The molecule has 0 N–H and O–H groups in total. The molecule has 0 bridgehead atoms. The minimum Gasteiger partial charge on any atom is -0.496 e. The second-order valence-corrected chi connectivity index (χ2v) is 10.6. The summed E-state index contributed by atoms with van der Waals surface area (Å²) < 4.78 is 25.1. The lowest BCUT2D eigenvalue weighted by atomic mass is 9.93. The molecule has 0 radical (unpaired) electrons. The zero-order valence-electron chi connectivity index (χ0n) is 22.6. The molecule has 10 heteroatoms. The van der Waals surface area contributed by atoms with Gasteiger partial charge in [0, 0.05) is 10.0 Å². The number of allylic oxidation sites excluding steroid dienone is 1. The lowest BCUT2D eigenvalue weighted by Gasteiger charge is -2.27. The van der Waals surface area contributed by atoms with Crippen LogP contribution in [0.25, 0.3) is 6.08 Å². The molecule has 8 nitrogen and oxygen atoms in total. The first-order chi connectivity index (χ1) is 18.9. The number of hydrogen-bond donors (Lipinski definition) is 0. The van der Waals surface area contributed by atoms with Gasteiger partial charge >= 0.3 is 5.97 Å². The van der Waals surface area contributed by atoms with Crippen molar-refractivity contribution in [2.45, 2.75) is 39.7 Å². The highest BCUT2D eigenvalue weighted by atomic mass is 79.9. The Bertz CT molecular complexity index is 1590. The molecular weight excluding hydrogens is 584 g/mol. The van der Waals surface area contributed by atoms with E-state index in [0.29, 0.717) is 56.4 Å². The minimum absolute atomic E-state index is 0.202. The topological polar surface area (TPSA) is 88.4 Å². The van der Waals surface area contributed by atoms with Crippen molar-refractivity contribution in [3.05, 3.63) is 83.0 Å². The Balaban J connectivity index is 2.00. The highest BCUT2D eigenvalue weighted by Crippen LogP contribution is 2.38. The summed E-state index contributed by atoms with van der Waals surface area (Å²) in [5.74, 6) is 1.25. The molecule has 206 valence electrons. The molecule has 0 saturated carbocycles. The van der Waals surface area contributed by atoms with Crippen LogP contribution in [0.5, 0.6) is 17.2 Å². The van der Waals surface area contributed by atoms with Gasteiger partial charge in [0.15, 0.2) is 16.3 Å². The SMILES string of the molecule is CCCC1=C(C(=O)OCC)[C@@H](c2cc(Br)ccc2OC)n2c(s/c(=C/c3ccc(OCC)c(OC)c3)c2=O)=N1. The number of ether oxygens (including phenoxy) is 4. The maximum atomic E-state index is 14.0. The standard InChI is InChI=1S/C29H31BrN2O6S/c1-6-9-20-25(28(34)38-8-3)26(19-16-18(30)11-13-21(19)35-4)32-27(33)24(39-29(32)31-20)15-17-10-12-22(37-7-2)23(14-17)36-5/h10-16,26H,6-9H2,1-5H3/b24-15+/t26-/m1/s1. The Hall–Kier alpha value is -3.37. The number of halogens is 1. The molecule has 3 aromatic rings. The monoisotopic (exact) mass is 614 g/mol. The van der Waals surface area contributed by atoms with E-state index in [-0.39, 0.29) is 12.2 Å². The van der Waals surface area contributed by atoms with E-state index in [1.165, 1.54) is 11.3 Å². The molecule has 1 atom stereocenters. The fraction of sp³-hybridized carbons (Fsp3) is 0.345. The van der Waals surface area contributed by atoms with Crippen LogP contribution in [-0.2, 0) is 9.53 Å². The van der Waals surface area contributed by atoms with Gasteiger partial charge < -0.3 is 18.9 Å². The van der Waals surface area contributed by atoms with Crippen LogP contribution in [0.4, 0.5) is 0 Å². The lowest BCUT2D eigenvalue weighted by molar-refractivity contribution is -0.139. The summed E-state index contributed by atoms with van der Waals surface area (Å²) in [5.41, 5.74) is 2.12. The zero-order chi connectivity index (χ0) is 28.1. The van der Waals surface area contributed by atoms with Crippen molar-refractivity contribution in [1.29, 1.82) is 0 Å². The third-order valence-electron chi connectivity index (χ3n) is 6.16.